The number of rotatable bonds is 0. The van der Waals surface area contributed by atoms with Gasteiger partial charge >= 0.3 is 0 Å². The molecule has 0 radical (unpaired) electrons. The van der Waals surface area contributed by atoms with Gasteiger partial charge in [0.25, 0.3) is 0 Å². The highest BCUT2D eigenvalue weighted by Gasteiger charge is 2.42. The maximum atomic E-state index is 12.5. The maximum absolute atomic E-state index is 12.5. The van der Waals surface area contributed by atoms with Crippen molar-refractivity contribution in [1.29, 1.82) is 0 Å². The second kappa shape index (κ2) is 4.85. The van der Waals surface area contributed by atoms with E-state index in [2.05, 4.69) is 51.8 Å². The summed E-state index contributed by atoms with van der Waals surface area (Å²) in [5, 5.41) is 13.0. The van der Waals surface area contributed by atoms with Gasteiger partial charge in [0.1, 0.15) is 0 Å². The highest BCUT2D eigenvalue weighted by atomic mass is 16.3. The minimum Gasteiger partial charge on any atom is -0.392 e. The summed E-state index contributed by atoms with van der Waals surface area (Å²) in [6, 6.07) is -0.192. The first-order valence-electron chi connectivity index (χ1n) is 7.47. The first-order valence-corrected chi connectivity index (χ1v) is 7.47. The monoisotopic (exact) mass is 280 g/mol. The van der Waals surface area contributed by atoms with Crippen molar-refractivity contribution in [2.75, 3.05) is 13.1 Å². The third-order valence-corrected chi connectivity index (χ3v) is 4.25. The van der Waals surface area contributed by atoms with Crippen LogP contribution in [0.1, 0.15) is 48.0 Å². The fraction of sp³-hybridized carbons (Fsp3) is 0.812. The molecule has 1 amide bonds. The summed E-state index contributed by atoms with van der Waals surface area (Å²) in [7, 11) is 0. The van der Waals surface area contributed by atoms with Gasteiger partial charge < -0.3 is 10.4 Å². The van der Waals surface area contributed by atoms with Gasteiger partial charge in [-0.3, -0.25) is 9.69 Å². The van der Waals surface area contributed by atoms with Crippen molar-refractivity contribution < 1.29 is 9.90 Å². The van der Waals surface area contributed by atoms with E-state index >= 15 is 0 Å². The molecule has 1 saturated heterocycles. The zero-order valence-electron chi connectivity index (χ0n) is 13.6. The molecular formula is C16H28N2O2. The molecule has 1 fully saturated rings. The second-order valence-corrected chi connectivity index (χ2v) is 8.18. The van der Waals surface area contributed by atoms with Crippen LogP contribution in [0.5, 0.6) is 0 Å². The summed E-state index contributed by atoms with van der Waals surface area (Å²) in [5.41, 5.74) is 2.24. The molecular weight excluding hydrogens is 252 g/mol. The Hall–Kier alpha value is -0.870. The lowest BCUT2D eigenvalue weighted by molar-refractivity contribution is -0.124. The summed E-state index contributed by atoms with van der Waals surface area (Å²) < 4.78 is 0. The van der Waals surface area contributed by atoms with E-state index in [0.717, 1.165) is 12.2 Å². The molecule has 0 aromatic heterocycles. The number of hydrogen-bond donors (Lipinski definition) is 2. The van der Waals surface area contributed by atoms with Crippen molar-refractivity contribution in [3.05, 3.63) is 11.3 Å². The van der Waals surface area contributed by atoms with Crippen LogP contribution in [0.3, 0.4) is 0 Å². The molecule has 0 saturated carbocycles. The molecule has 0 unspecified atom stereocenters. The van der Waals surface area contributed by atoms with Gasteiger partial charge in [0.05, 0.1) is 12.1 Å². The summed E-state index contributed by atoms with van der Waals surface area (Å²) in [5.74, 6) is 0.0331. The molecule has 2 N–H and O–H groups in total. The molecule has 0 aliphatic carbocycles. The largest absolute Gasteiger partial charge is 0.392 e. The molecule has 4 nitrogen and oxygen atoms in total. The molecule has 114 valence electrons. The summed E-state index contributed by atoms with van der Waals surface area (Å²) in [6.07, 6.45) is 0.156. The van der Waals surface area contributed by atoms with Crippen molar-refractivity contribution in [3.8, 4) is 0 Å². The van der Waals surface area contributed by atoms with E-state index in [1.165, 1.54) is 5.57 Å². The Morgan fingerprint density at radius 2 is 1.75 bits per heavy atom. The zero-order chi connectivity index (χ0) is 15.3. The van der Waals surface area contributed by atoms with Gasteiger partial charge in [-0.1, -0.05) is 41.5 Å². The van der Waals surface area contributed by atoms with E-state index in [0.29, 0.717) is 13.0 Å². The predicted molar refractivity (Wildman–Crippen MR) is 80.1 cm³/mol. The number of amides is 1. The Kier molecular flexibility index (Phi) is 3.76. The van der Waals surface area contributed by atoms with Crippen LogP contribution in [0.25, 0.3) is 0 Å². The van der Waals surface area contributed by atoms with Crippen molar-refractivity contribution in [2.45, 2.75) is 60.1 Å². The lowest BCUT2D eigenvalue weighted by Crippen LogP contribution is -2.41. The third kappa shape index (κ3) is 2.91. The number of aliphatic hydroxyl groups excluding tert-OH is 1. The molecule has 0 spiro atoms. The Bertz CT molecular complexity index is 440. The average Bonchev–Trinajstić information content (AvgIpc) is 2.54. The lowest BCUT2D eigenvalue weighted by atomic mass is 9.78. The maximum Gasteiger partial charge on any atom is 0.241 e. The topological polar surface area (TPSA) is 52.6 Å². The molecule has 20 heavy (non-hydrogen) atoms. The Morgan fingerprint density at radius 3 is 2.25 bits per heavy atom. The van der Waals surface area contributed by atoms with Gasteiger partial charge in [0.15, 0.2) is 0 Å². The van der Waals surface area contributed by atoms with Gasteiger partial charge in [0, 0.05) is 24.2 Å². The van der Waals surface area contributed by atoms with Gasteiger partial charge in [-0.15, -0.1) is 0 Å². The fourth-order valence-corrected chi connectivity index (χ4v) is 3.14. The van der Waals surface area contributed by atoms with Crippen LogP contribution < -0.4 is 5.32 Å². The Balaban J connectivity index is 2.46. The molecule has 0 aromatic carbocycles. The molecule has 0 aromatic rings. The molecule has 4 heteroatoms. The van der Waals surface area contributed by atoms with Crippen molar-refractivity contribution in [2.24, 2.45) is 10.8 Å². The Labute approximate surface area is 122 Å². The van der Waals surface area contributed by atoms with Crippen LogP contribution in [0.2, 0.25) is 0 Å². The van der Waals surface area contributed by atoms with E-state index in [4.69, 9.17) is 0 Å². The smallest absolute Gasteiger partial charge is 0.241 e. The average molecular weight is 280 g/mol. The van der Waals surface area contributed by atoms with Crippen LogP contribution in [-0.2, 0) is 4.79 Å². The third-order valence-electron chi connectivity index (χ3n) is 4.25. The van der Waals surface area contributed by atoms with Crippen molar-refractivity contribution in [3.63, 3.8) is 0 Å². The molecule has 2 aliphatic rings. The summed E-state index contributed by atoms with van der Waals surface area (Å²) in [4.78, 5) is 14.6. The molecule has 2 aliphatic heterocycles. The number of allylic oxidation sites excluding steroid dienone is 1. The number of carbonyl (C=O) groups excluding carboxylic acids is 1. The van der Waals surface area contributed by atoms with Crippen molar-refractivity contribution >= 4 is 5.91 Å². The van der Waals surface area contributed by atoms with E-state index in [9.17, 15) is 9.90 Å². The van der Waals surface area contributed by atoms with Gasteiger partial charge in [-0.2, -0.15) is 0 Å². The summed E-state index contributed by atoms with van der Waals surface area (Å²) in [6.45, 7) is 14.3. The van der Waals surface area contributed by atoms with E-state index < -0.39 is 0 Å². The number of nitrogens with one attached hydrogen (secondary N) is 1. The van der Waals surface area contributed by atoms with E-state index in [-0.39, 0.29) is 28.9 Å². The lowest BCUT2D eigenvalue weighted by Gasteiger charge is -2.33. The van der Waals surface area contributed by atoms with Crippen molar-refractivity contribution in [1.82, 2.24) is 10.2 Å². The quantitative estimate of drug-likeness (QED) is 0.712. The first kappa shape index (κ1) is 15.5. The van der Waals surface area contributed by atoms with Gasteiger partial charge in [0.2, 0.25) is 5.91 Å². The Morgan fingerprint density at radius 1 is 1.15 bits per heavy atom. The van der Waals surface area contributed by atoms with Crippen LogP contribution in [0, 0.1) is 10.8 Å². The zero-order valence-corrected chi connectivity index (χ0v) is 13.6. The summed E-state index contributed by atoms with van der Waals surface area (Å²) >= 11 is 0. The number of nitrogens with zero attached hydrogens (tertiary/aromatic N) is 1. The number of hydrogen-bond acceptors (Lipinski definition) is 3. The van der Waals surface area contributed by atoms with E-state index in [1.54, 1.807) is 0 Å². The van der Waals surface area contributed by atoms with E-state index in [1.807, 2.05) is 0 Å². The van der Waals surface area contributed by atoms with Crippen LogP contribution in [0.15, 0.2) is 11.3 Å². The second-order valence-electron chi connectivity index (χ2n) is 8.18. The molecule has 2 atom stereocenters. The molecule has 0 bridgehead atoms. The highest BCUT2D eigenvalue weighted by molar-refractivity contribution is 5.84. The predicted octanol–water partition coefficient (Wildman–Crippen LogP) is 1.90. The minimum atomic E-state index is -0.386. The van der Waals surface area contributed by atoms with Crippen LogP contribution in [-0.4, -0.2) is 41.1 Å². The van der Waals surface area contributed by atoms with Gasteiger partial charge in [-0.05, 0) is 17.4 Å². The molecule has 2 heterocycles. The normalized spacial score (nSPS) is 29.2. The van der Waals surface area contributed by atoms with Gasteiger partial charge in [-0.25, -0.2) is 0 Å². The molecule has 2 rings (SSSR count). The first-order chi connectivity index (χ1) is 9.00. The van der Waals surface area contributed by atoms with Crippen LogP contribution >= 0.6 is 0 Å². The number of aliphatic hydroxyl groups is 1. The fourth-order valence-electron chi connectivity index (χ4n) is 3.14. The SMILES string of the molecule is CC(C)(C)C1=C(C(C)(C)C)NC(=O)[C@@H]2C[C@H](O)CN2C1. The number of fused-ring (bicyclic) bond motifs is 1. The highest BCUT2D eigenvalue weighted by Crippen LogP contribution is 2.38. The number of carbonyl (C=O) groups is 1. The standard InChI is InChI=1S/C16H28N2O2/c1-15(2,3)11-9-18-8-10(19)7-12(18)14(20)17-13(11)16(4,5)6/h10,12,19H,7-9H2,1-6H3,(H,17,20)/t10-,12-/m0/s1. The van der Waals surface area contributed by atoms with Crippen LogP contribution in [0.4, 0.5) is 0 Å². The minimum absolute atomic E-state index is 0.00166.